The summed E-state index contributed by atoms with van der Waals surface area (Å²) in [5.74, 6) is 0.00620. The van der Waals surface area contributed by atoms with Crippen molar-refractivity contribution in [3.63, 3.8) is 0 Å². The van der Waals surface area contributed by atoms with Crippen molar-refractivity contribution >= 4 is 15.9 Å². The zero-order valence-electron chi connectivity index (χ0n) is 14.7. The molecule has 1 aromatic rings. The molecule has 1 aromatic carbocycles. The lowest BCUT2D eigenvalue weighted by Gasteiger charge is -2.36. The van der Waals surface area contributed by atoms with Crippen molar-refractivity contribution in [2.75, 3.05) is 32.7 Å². The Morgan fingerprint density at radius 3 is 2.29 bits per heavy atom. The minimum absolute atomic E-state index is 0.00620. The van der Waals surface area contributed by atoms with Crippen LogP contribution in [0, 0.1) is 6.92 Å². The van der Waals surface area contributed by atoms with E-state index in [0.29, 0.717) is 37.6 Å². The summed E-state index contributed by atoms with van der Waals surface area (Å²) in [6, 6.07) is 6.68. The number of nitrogens with zero attached hydrogens (tertiary/aromatic N) is 2. The smallest absolute Gasteiger partial charge is 0.243 e. The molecule has 0 radical (unpaired) electrons. The first-order valence-corrected chi connectivity index (χ1v) is 9.89. The summed E-state index contributed by atoms with van der Waals surface area (Å²) in [6.07, 6.45) is 0.904. The number of carbonyl (C=O) groups is 1. The van der Waals surface area contributed by atoms with Crippen LogP contribution in [-0.2, 0) is 14.8 Å². The number of amides is 1. The first-order valence-electron chi connectivity index (χ1n) is 8.45. The van der Waals surface area contributed by atoms with Crippen LogP contribution in [-0.4, -0.2) is 62.3 Å². The maximum absolute atomic E-state index is 12.7. The number of piperazine rings is 1. The van der Waals surface area contributed by atoms with Gasteiger partial charge in [-0.15, -0.1) is 0 Å². The fourth-order valence-corrected chi connectivity index (χ4v) is 4.17. The van der Waals surface area contributed by atoms with Gasteiger partial charge in [0, 0.05) is 32.7 Å². The predicted octanol–water partition coefficient (Wildman–Crippen LogP) is 1.22. The zero-order valence-corrected chi connectivity index (χ0v) is 15.5. The molecule has 1 amide bonds. The molecule has 0 spiro atoms. The molecule has 1 atom stereocenters. The monoisotopic (exact) mass is 353 g/mol. The summed E-state index contributed by atoms with van der Waals surface area (Å²) in [6.45, 7) is 8.42. The van der Waals surface area contributed by atoms with Gasteiger partial charge in [-0.3, -0.25) is 9.69 Å². The molecule has 1 aliphatic heterocycles. The van der Waals surface area contributed by atoms with Crippen LogP contribution in [0.1, 0.15) is 25.8 Å². The number of nitrogens with one attached hydrogen (secondary N) is 1. The van der Waals surface area contributed by atoms with Crippen LogP contribution >= 0.6 is 0 Å². The lowest BCUT2D eigenvalue weighted by atomic mass is 10.2. The third-order valence-corrected chi connectivity index (χ3v) is 6.32. The number of carbonyl (C=O) groups excluding carboxylic acids is 1. The average molecular weight is 353 g/mol. The number of rotatable bonds is 6. The molecule has 1 aliphatic rings. The Bertz CT molecular complexity index is 650. The SMILES string of the molecule is CCCNC(=O)C(C)N1CCN(S(=O)(=O)c2ccc(C)cc2)CC1. The van der Waals surface area contributed by atoms with E-state index in [0.717, 1.165) is 12.0 Å². The van der Waals surface area contributed by atoms with E-state index in [1.165, 1.54) is 4.31 Å². The van der Waals surface area contributed by atoms with Crippen LogP contribution in [0.2, 0.25) is 0 Å². The first-order chi connectivity index (χ1) is 11.4. The van der Waals surface area contributed by atoms with Crippen molar-refractivity contribution in [3.05, 3.63) is 29.8 Å². The van der Waals surface area contributed by atoms with Gasteiger partial charge < -0.3 is 5.32 Å². The van der Waals surface area contributed by atoms with Crippen molar-refractivity contribution in [2.24, 2.45) is 0 Å². The molecule has 1 fully saturated rings. The minimum atomic E-state index is -3.46. The number of aryl methyl sites for hydroxylation is 1. The van der Waals surface area contributed by atoms with E-state index in [4.69, 9.17) is 0 Å². The summed E-state index contributed by atoms with van der Waals surface area (Å²) in [5, 5.41) is 2.89. The van der Waals surface area contributed by atoms with Gasteiger partial charge in [-0.2, -0.15) is 4.31 Å². The van der Waals surface area contributed by atoms with Gasteiger partial charge in [0.25, 0.3) is 0 Å². The standard InChI is InChI=1S/C17H27N3O3S/c1-4-9-18-17(21)15(3)19-10-12-20(13-11-19)24(22,23)16-7-5-14(2)6-8-16/h5-8,15H,4,9-13H2,1-3H3,(H,18,21). The molecule has 0 aliphatic carbocycles. The molecule has 1 heterocycles. The largest absolute Gasteiger partial charge is 0.355 e. The van der Waals surface area contributed by atoms with Crippen LogP contribution in [0.5, 0.6) is 0 Å². The van der Waals surface area contributed by atoms with E-state index < -0.39 is 10.0 Å². The Morgan fingerprint density at radius 1 is 1.17 bits per heavy atom. The third-order valence-electron chi connectivity index (χ3n) is 4.41. The maximum atomic E-state index is 12.7. The van der Waals surface area contributed by atoms with Crippen molar-refractivity contribution < 1.29 is 13.2 Å². The van der Waals surface area contributed by atoms with E-state index >= 15 is 0 Å². The van der Waals surface area contributed by atoms with Gasteiger partial charge in [0.1, 0.15) is 0 Å². The third kappa shape index (κ3) is 4.34. The highest BCUT2D eigenvalue weighted by atomic mass is 32.2. The molecule has 0 saturated carbocycles. The van der Waals surface area contributed by atoms with Gasteiger partial charge in [-0.05, 0) is 32.4 Å². The van der Waals surface area contributed by atoms with Gasteiger partial charge in [0.15, 0.2) is 0 Å². The fraction of sp³-hybridized carbons (Fsp3) is 0.588. The number of hydrogen-bond acceptors (Lipinski definition) is 4. The van der Waals surface area contributed by atoms with Crippen LogP contribution in [0.4, 0.5) is 0 Å². The van der Waals surface area contributed by atoms with Crippen molar-refractivity contribution in [1.82, 2.24) is 14.5 Å². The molecule has 134 valence electrons. The minimum Gasteiger partial charge on any atom is -0.355 e. The van der Waals surface area contributed by atoms with Crippen LogP contribution in [0.15, 0.2) is 29.2 Å². The first kappa shape index (κ1) is 18.9. The Hall–Kier alpha value is -1.44. The molecule has 1 N–H and O–H groups in total. The predicted molar refractivity (Wildman–Crippen MR) is 94.3 cm³/mol. The van der Waals surface area contributed by atoms with Crippen LogP contribution in [0.3, 0.4) is 0 Å². The summed E-state index contributed by atoms with van der Waals surface area (Å²) < 4.78 is 26.9. The quantitative estimate of drug-likeness (QED) is 0.835. The lowest BCUT2D eigenvalue weighted by molar-refractivity contribution is -0.126. The van der Waals surface area contributed by atoms with E-state index in [2.05, 4.69) is 5.32 Å². The fourth-order valence-electron chi connectivity index (χ4n) is 2.75. The molecule has 7 heteroatoms. The van der Waals surface area contributed by atoms with E-state index in [-0.39, 0.29) is 11.9 Å². The number of benzene rings is 1. The molecule has 6 nitrogen and oxygen atoms in total. The van der Waals surface area contributed by atoms with Gasteiger partial charge in [-0.1, -0.05) is 24.6 Å². The number of hydrogen-bond donors (Lipinski definition) is 1. The Morgan fingerprint density at radius 2 is 1.75 bits per heavy atom. The van der Waals surface area contributed by atoms with Gasteiger partial charge >= 0.3 is 0 Å². The Labute approximate surface area is 144 Å². The summed E-state index contributed by atoms with van der Waals surface area (Å²) in [5.41, 5.74) is 1.03. The molecule has 1 unspecified atom stereocenters. The van der Waals surface area contributed by atoms with Gasteiger partial charge in [0.2, 0.25) is 15.9 Å². The summed E-state index contributed by atoms with van der Waals surface area (Å²) in [4.78, 5) is 14.4. The van der Waals surface area contributed by atoms with Crippen LogP contribution < -0.4 is 5.32 Å². The molecular formula is C17H27N3O3S. The van der Waals surface area contributed by atoms with Gasteiger partial charge in [-0.25, -0.2) is 8.42 Å². The van der Waals surface area contributed by atoms with Crippen LogP contribution in [0.25, 0.3) is 0 Å². The van der Waals surface area contributed by atoms with Crippen molar-refractivity contribution in [1.29, 1.82) is 0 Å². The molecule has 2 rings (SSSR count). The number of sulfonamides is 1. The van der Waals surface area contributed by atoms with Crippen molar-refractivity contribution in [2.45, 2.75) is 38.1 Å². The molecule has 0 aromatic heterocycles. The molecule has 0 bridgehead atoms. The van der Waals surface area contributed by atoms with Crippen molar-refractivity contribution in [3.8, 4) is 0 Å². The average Bonchev–Trinajstić information content (AvgIpc) is 2.59. The Balaban J connectivity index is 1.96. The second kappa shape index (κ2) is 8.09. The highest BCUT2D eigenvalue weighted by molar-refractivity contribution is 7.89. The zero-order chi connectivity index (χ0) is 17.7. The lowest BCUT2D eigenvalue weighted by Crippen LogP contribution is -2.54. The topological polar surface area (TPSA) is 69.7 Å². The second-order valence-electron chi connectivity index (χ2n) is 6.22. The summed E-state index contributed by atoms with van der Waals surface area (Å²) >= 11 is 0. The van der Waals surface area contributed by atoms with E-state index in [1.54, 1.807) is 12.1 Å². The molecule has 1 saturated heterocycles. The maximum Gasteiger partial charge on any atom is 0.243 e. The molecule has 24 heavy (non-hydrogen) atoms. The highest BCUT2D eigenvalue weighted by Crippen LogP contribution is 2.19. The Kier molecular flexibility index (Phi) is 6.37. The summed E-state index contributed by atoms with van der Waals surface area (Å²) in [7, 11) is -3.46. The second-order valence-corrected chi connectivity index (χ2v) is 8.16. The normalized spacial score (nSPS) is 18.3. The van der Waals surface area contributed by atoms with E-state index in [9.17, 15) is 13.2 Å². The van der Waals surface area contributed by atoms with E-state index in [1.807, 2.05) is 37.8 Å². The van der Waals surface area contributed by atoms with Gasteiger partial charge in [0.05, 0.1) is 10.9 Å². The highest BCUT2D eigenvalue weighted by Gasteiger charge is 2.31. The molecular weight excluding hydrogens is 326 g/mol.